The maximum atomic E-state index is 5.58. The molecule has 1 aromatic heterocycles. The van der Waals surface area contributed by atoms with Crippen molar-refractivity contribution in [2.45, 2.75) is 47.2 Å². The van der Waals surface area contributed by atoms with Gasteiger partial charge in [-0.05, 0) is 36.9 Å². The molecule has 0 aromatic carbocycles. The molecule has 1 saturated heterocycles. The minimum absolute atomic E-state index is 0.428. The van der Waals surface area contributed by atoms with Gasteiger partial charge < -0.3 is 9.73 Å². The van der Waals surface area contributed by atoms with Crippen molar-refractivity contribution in [1.82, 2.24) is 10.2 Å². The van der Waals surface area contributed by atoms with E-state index in [1.54, 1.807) is 0 Å². The van der Waals surface area contributed by atoms with Crippen LogP contribution in [-0.4, -0.2) is 24.5 Å². The lowest BCUT2D eigenvalue weighted by Gasteiger charge is -2.27. The van der Waals surface area contributed by atoms with E-state index in [4.69, 9.17) is 4.42 Å². The maximum absolute atomic E-state index is 5.58. The van der Waals surface area contributed by atoms with Gasteiger partial charge in [0.2, 0.25) is 0 Å². The first-order valence-corrected chi connectivity index (χ1v) is 7.49. The third-order valence-corrected chi connectivity index (χ3v) is 4.26. The standard InChI is InChI=1S/C16H28N2O/c1-5-17-10-15-13(7-9-19-15)11-18-8-6-14(12-18)16(2,3)4/h7,9,14,17H,5-6,8,10-12H2,1-4H3. The van der Waals surface area contributed by atoms with E-state index in [-0.39, 0.29) is 0 Å². The van der Waals surface area contributed by atoms with Crippen molar-refractivity contribution in [2.75, 3.05) is 19.6 Å². The van der Waals surface area contributed by atoms with Crippen LogP contribution in [0.5, 0.6) is 0 Å². The van der Waals surface area contributed by atoms with Crippen LogP contribution in [0.3, 0.4) is 0 Å². The first kappa shape index (κ1) is 14.6. The first-order chi connectivity index (χ1) is 9.00. The predicted molar refractivity (Wildman–Crippen MR) is 78.9 cm³/mol. The van der Waals surface area contributed by atoms with Gasteiger partial charge in [-0.2, -0.15) is 0 Å². The first-order valence-electron chi connectivity index (χ1n) is 7.49. The minimum atomic E-state index is 0.428. The van der Waals surface area contributed by atoms with Crippen LogP contribution in [0.15, 0.2) is 16.7 Å². The summed E-state index contributed by atoms with van der Waals surface area (Å²) in [4.78, 5) is 2.57. The normalized spacial score (nSPS) is 21.2. The Labute approximate surface area is 117 Å². The molecule has 1 unspecified atom stereocenters. The van der Waals surface area contributed by atoms with Crippen molar-refractivity contribution < 1.29 is 4.42 Å². The Morgan fingerprint density at radius 3 is 2.84 bits per heavy atom. The fourth-order valence-electron chi connectivity index (χ4n) is 2.83. The molecule has 1 aliphatic heterocycles. The van der Waals surface area contributed by atoms with Crippen LogP contribution in [0.1, 0.15) is 45.4 Å². The average molecular weight is 264 g/mol. The van der Waals surface area contributed by atoms with Gasteiger partial charge in [-0.15, -0.1) is 0 Å². The van der Waals surface area contributed by atoms with Crippen molar-refractivity contribution >= 4 is 0 Å². The molecule has 2 heterocycles. The Morgan fingerprint density at radius 2 is 2.21 bits per heavy atom. The van der Waals surface area contributed by atoms with Gasteiger partial charge in [0.1, 0.15) is 5.76 Å². The summed E-state index contributed by atoms with van der Waals surface area (Å²) >= 11 is 0. The van der Waals surface area contributed by atoms with Crippen molar-refractivity contribution in [3.63, 3.8) is 0 Å². The molecular weight excluding hydrogens is 236 g/mol. The molecule has 0 spiro atoms. The Hall–Kier alpha value is -0.800. The summed E-state index contributed by atoms with van der Waals surface area (Å²) < 4.78 is 5.58. The molecule has 0 aliphatic carbocycles. The molecule has 0 saturated carbocycles. The second-order valence-corrected chi connectivity index (χ2v) is 6.74. The van der Waals surface area contributed by atoms with Gasteiger partial charge in [0.25, 0.3) is 0 Å². The Morgan fingerprint density at radius 1 is 1.42 bits per heavy atom. The van der Waals surface area contributed by atoms with E-state index in [1.807, 2.05) is 6.26 Å². The van der Waals surface area contributed by atoms with E-state index < -0.39 is 0 Å². The van der Waals surface area contributed by atoms with E-state index in [0.717, 1.165) is 31.3 Å². The zero-order valence-electron chi connectivity index (χ0n) is 12.8. The van der Waals surface area contributed by atoms with E-state index in [1.165, 1.54) is 25.1 Å². The van der Waals surface area contributed by atoms with Gasteiger partial charge >= 0.3 is 0 Å². The molecule has 1 N–H and O–H groups in total. The van der Waals surface area contributed by atoms with Crippen molar-refractivity contribution in [3.8, 4) is 0 Å². The second-order valence-electron chi connectivity index (χ2n) is 6.74. The molecule has 19 heavy (non-hydrogen) atoms. The topological polar surface area (TPSA) is 28.4 Å². The SMILES string of the molecule is CCNCc1occc1CN1CCC(C(C)(C)C)C1. The Balaban J connectivity index is 1.90. The van der Waals surface area contributed by atoms with E-state index in [0.29, 0.717) is 5.41 Å². The highest BCUT2D eigenvalue weighted by atomic mass is 16.3. The molecule has 3 nitrogen and oxygen atoms in total. The number of hydrogen-bond acceptors (Lipinski definition) is 3. The molecule has 0 bridgehead atoms. The van der Waals surface area contributed by atoms with Crippen LogP contribution in [-0.2, 0) is 13.1 Å². The molecule has 0 amide bonds. The highest BCUT2D eigenvalue weighted by Gasteiger charge is 2.31. The van der Waals surface area contributed by atoms with Crippen molar-refractivity contribution in [3.05, 3.63) is 23.7 Å². The van der Waals surface area contributed by atoms with Crippen LogP contribution in [0, 0.1) is 11.3 Å². The summed E-state index contributed by atoms with van der Waals surface area (Å²) in [6, 6.07) is 2.12. The molecule has 1 fully saturated rings. The zero-order chi connectivity index (χ0) is 13.9. The monoisotopic (exact) mass is 264 g/mol. The van der Waals surface area contributed by atoms with Crippen molar-refractivity contribution in [2.24, 2.45) is 11.3 Å². The molecular formula is C16H28N2O. The highest BCUT2D eigenvalue weighted by molar-refractivity contribution is 5.17. The van der Waals surface area contributed by atoms with Gasteiger partial charge in [-0.1, -0.05) is 27.7 Å². The third kappa shape index (κ3) is 3.83. The molecule has 1 aromatic rings. The Bertz CT molecular complexity index is 392. The number of nitrogens with one attached hydrogen (secondary N) is 1. The van der Waals surface area contributed by atoms with E-state index in [2.05, 4.69) is 44.0 Å². The lowest BCUT2D eigenvalue weighted by Crippen LogP contribution is -2.26. The number of rotatable bonds is 5. The van der Waals surface area contributed by atoms with Crippen LogP contribution in [0.2, 0.25) is 0 Å². The summed E-state index contributed by atoms with van der Waals surface area (Å²) in [5, 5.41) is 3.34. The second kappa shape index (κ2) is 6.10. The third-order valence-electron chi connectivity index (χ3n) is 4.26. The summed E-state index contributed by atoms with van der Waals surface area (Å²) in [7, 11) is 0. The predicted octanol–water partition coefficient (Wildman–Crippen LogP) is 3.26. The van der Waals surface area contributed by atoms with E-state index >= 15 is 0 Å². The summed E-state index contributed by atoms with van der Waals surface area (Å²) in [6.07, 6.45) is 3.14. The maximum Gasteiger partial charge on any atom is 0.122 e. The van der Waals surface area contributed by atoms with Gasteiger partial charge in [0, 0.05) is 18.7 Å². The van der Waals surface area contributed by atoms with Gasteiger partial charge in [0.15, 0.2) is 0 Å². The molecule has 2 rings (SSSR count). The molecule has 1 atom stereocenters. The lowest BCUT2D eigenvalue weighted by atomic mass is 9.80. The zero-order valence-corrected chi connectivity index (χ0v) is 12.8. The van der Waals surface area contributed by atoms with Crippen LogP contribution < -0.4 is 5.32 Å². The fourth-order valence-corrected chi connectivity index (χ4v) is 2.83. The minimum Gasteiger partial charge on any atom is -0.468 e. The number of likely N-dealkylation sites (tertiary alicyclic amines) is 1. The summed E-state index contributed by atoms with van der Waals surface area (Å²) in [6.45, 7) is 14.5. The van der Waals surface area contributed by atoms with Crippen LogP contribution >= 0.6 is 0 Å². The fraction of sp³-hybridized carbons (Fsp3) is 0.750. The average Bonchev–Trinajstić information content (AvgIpc) is 2.95. The molecule has 1 aliphatic rings. The highest BCUT2D eigenvalue weighted by Crippen LogP contribution is 2.34. The smallest absolute Gasteiger partial charge is 0.122 e. The largest absolute Gasteiger partial charge is 0.468 e. The summed E-state index contributed by atoms with van der Waals surface area (Å²) in [5.41, 5.74) is 1.77. The van der Waals surface area contributed by atoms with Gasteiger partial charge in [-0.3, -0.25) is 4.90 Å². The van der Waals surface area contributed by atoms with Gasteiger partial charge in [-0.25, -0.2) is 0 Å². The Kier molecular flexibility index (Phi) is 4.69. The molecule has 0 radical (unpaired) electrons. The van der Waals surface area contributed by atoms with E-state index in [9.17, 15) is 0 Å². The quantitative estimate of drug-likeness (QED) is 0.885. The number of hydrogen-bond donors (Lipinski definition) is 1. The van der Waals surface area contributed by atoms with Crippen molar-refractivity contribution in [1.29, 1.82) is 0 Å². The summed E-state index contributed by atoms with van der Waals surface area (Å²) in [5.74, 6) is 1.91. The van der Waals surface area contributed by atoms with Crippen LogP contribution in [0.25, 0.3) is 0 Å². The molecule has 108 valence electrons. The molecule has 3 heteroatoms. The number of nitrogens with zero attached hydrogens (tertiary/aromatic N) is 1. The van der Waals surface area contributed by atoms with Crippen LogP contribution in [0.4, 0.5) is 0 Å². The lowest BCUT2D eigenvalue weighted by molar-refractivity contribution is 0.226. The number of furan rings is 1. The van der Waals surface area contributed by atoms with Gasteiger partial charge in [0.05, 0.1) is 12.8 Å².